The number of carbonyl (C=O) groups excluding carboxylic acids is 1. The van der Waals surface area contributed by atoms with Gasteiger partial charge in [0.1, 0.15) is 16.9 Å². The minimum absolute atomic E-state index is 0.00439. The Bertz CT molecular complexity index is 1590. The van der Waals surface area contributed by atoms with Gasteiger partial charge in [0.2, 0.25) is 5.88 Å². The van der Waals surface area contributed by atoms with Gasteiger partial charge in [-0.2, -0.15) is 4.98 Å². The maximum atomic E-state index is 14.0. The van der Waals surface area contributed by atoms with Gasteiger partial charge >= 0.3 is 6.01 Å². The average molecular weight is 555 g/mol. The van der Waals surface area contributed by atoms with Crippen molar-refractivity contribution in [1.29, 1.82) is 0 Å². The normalized spacial score (nSPS) is 14.8. The number of aryl methyl sites for hydroxylation is 1. The Balaban J connectivity index is 1.79. The van der Waals surface area contributed by atoms with E-state index in [1.807, 2.05) is 30.5 Å². The first-order chi connectivity index (χ1) is 18.2. The number of hydrogen-bond acceptors (Lipinski definition) is 7. The number of amides is 1. The second-order valence-electron chi connectivity index (χ2n) is 9.00. The molecule has 0 N–H and O–H groups in total. The number of ether oxygens (including phenoxy) is 2. The molecule has 10 nitrogen and oxygen atoms in total. The molecule has 0 spiro atoms. The zero-order chi connectivity index (χ0) is 27.3. The van der Waals surface area contributed by atoms with Gasteiger partial charge in [0.15, 0.2) is 5.69 Å². The lowest BCUT2D eigenvalue weighted by Gasteiger charge is -2.28. The van der Waals surface area contributed by atoms with Gasteiger partial charge in [-0.25, -0.2) is 9.97 Å². The second kappa shape index (κ2) is 9.77. The Morgan fingerprint density at radius 3 is 2.34 bits per heavy atom. The molecule has 196 valence electrons. The lowest BCUT2D eigenvalue weighted by molar-refractivity contribution is 0.0989. The molecular weight excluding hydrogens is 531 g/mol. The highest BCUT2D eigenvalue weighted by atomic mass is 35.5. The third-order valence-corrected chi connectivity index (χ3v) is 6.86. The standard InChI is InChI=1S/C26H24Cl2N6O4/c1-13(2)33-21-19(30-22(33)17-11-29-26(38-5)31-23(17)37-4)25(36)34(16-10-18(28)24(35)32(3)12-16)20(21)14-6-8-15(27)9-7-14/h6-13,20H,1-5H3/t20-/m1/s1. The van der Waals surface area contributed by atoms with Gasteiger partial charge in [-0.05, 0) is 37.6 Å². The van der Waals surface area contributed by atoms with Gasteiger partial charge in [-0.3, -0.25) is 14.5 Å². The number of pyridine rings is 1. The summed E-state index contributed by atoms with van der Waals surface area (Å²) in [6.45, 7) is 3.99. The van der Waals surface area contributed by atoms with Crippen LogP contribution >= 0.6 is 23.2 Å². The van der Waals surface area contributed by atoms with Gasteiger partial charge < -0.3 is 18.6 Å². The number of carbonyl (C=O) groups is 1. The zero-order valence-corrected chi connectivity index (χ0v) is 22.8. The minimum Gasteiger partial charge on any atom is -0.480 e. The molecule has 0 bridgehead atoms. The monoisotopic (exact) mass is 554 g/mol. The molecule has 0 unspecified atom stereocenters. The summed E-state index contributed by atoms with van der Waals surface area (Å²) >= 11 is 12.4. The first kappa shape index (κ1) is 25.7. The number of benzene rings is 1. The van der Waals surface area contributed by atoms with Crippen molar-refractivity contribution in [3.8, 4) is 23.3 Å². The highest BCUT2D eigenvalue weighted by molar-refractivity contribution is 6.31. The molecular formula is C26H24Cl2N6O4. The van der Waals surface area contributed by atoms with Crippen molar-refractivity contribution in [1.82, 2.24) is 24.1 Å². The van der Waals surface area contributed by atoms with E-state index in [1.54, 1.807) is 36.5 Å². The van der Waals surface area contributed by atoms with Crippen molar-refractivity contribution < 1.29 is 14.3 Å². The summed E-state index contributed by atoms with van der Waals surface area (Å²) in [7, 11) is 4.55. The molecule has 3 aromatic heterocycles. The molecule has 1 aromatic carbocycles. The lowest BCUT2D eigenvalue weighted by Crippen LogP contribution is -2.32. The fraction of sp³-hybridized carbons (Fsp3) is 0.269. The molecule has 0 saturated heterocycles. The fourth-order valence-corrected chi connectivity index (χ4v) is 5.06. The van der Waals surface area contributed by atoms with Crippen LogP contribution < -0.4 is 19.9 Å². The van der Waals surface area contributed by atoms with E-state index in [0.717, 1.165) is 5.56 Å². The topological polar surface area (TPSA) is 104 Å². The number of halogens is 2. The van der Waals surface area contributed by atoms with Gasteiger partial charge in [0, 0.05) is 30.5 Å². The van der Waals surface area contributed by atoms with E-state index >= 15 is 0 Å². The summed E-state index contributed by atoms with van der Waals surface area (Å²) in [5.41, 5.74) is 2.35. The van der Waals surface area contributed by atoms with Crippen LogP contribution in [0.4, 0.5) is 5.69 Å². The van der Waals surface area contributed by atoms with Crippen LogP contribution in [-0.4, -0.2) is 44.2 Å². The maximum Gasteiger partial charge on any atom is 0.319 e. The van der Waals surface area contributed by atoms with Crippen molar-refractivity contribution >= 4 is 34.8 Å². The maximum absolute atomic E-state index is 14.0. The molecule has 0 fully saturated rings. The number of aromatic nitrogens is 5. The Hall–Kier alpha value is -3.89. The molecule has 1 aliphatic heterocycles. The zero-order valence-electron chi connectivity index (χ0n) is 21.3. The number of anilines is 1. The highest BCUT2D eigenvalue weighted by Gasteiger charge is 2.45. The largest absolute Gasteiger partial charge is 0.480 e. The molecule has 4 aromatic rings. The first-order valence-corrected chi connectivity index (χ1v) is 12.4. The van der Waals surface area contributed by atoms with Crippen LogP contribution in [0.2, 0.25) is 10.0 Å². The number of fused-ring (bicyclic) bond motifs is 1. The third kappa shape index (κ3) is 4.10. The molecule has 1 amide bonds. The Morgan fingerprint density at radius 2 is 1.74 bits per heavy atom. The van der Waals surface area contributed by atoms with Crippen LogP contribution in [0.25, 0.3) is 11.4 Å². The molecule has 0 radical (unpaired) electrons. The molecule has 4 heterocycles. The smallest absolute Gasteiger partial charge is 0.319 e. The molecule has 1 atom stereocenters. The van der Waals surface area contributed by atoms with E-state index in [-0.39, 0.29) is 40.1 Å². The lowest BCUT2D eigenvalue weighted by atomic mass is 10.0. The number of methoxy groups -OCH3 is 2. The van der Waals surface area contributed by atoms with Crippen LogP contribution in [-0.2, 0) is 7.05 Å². The second-order valence-corrected chi connectivity index (χ2v) is 9.85. The highest BCUT2D eigenvalue weighted by Crippen LogP contribution is 2.45. The Morgan fingerprint density at radius 1 is 1.03 bits per heavy atom. The summed E-state index contributed by atoms with van der Waals surface area (Å²) in [5.74, 6) is 0.401. The predicted molar refractivity (Wildman–Crippen MR) is 144 cm³/mol. The van der Waals surface area contributed by atoms with Crippen molar-refractivity contribution in [2.24, 2.45) is 7.05 Å². The van der Waals surface area contributed by atoms with E-state index in [1.165, 1.54) is 24.9 Å². The van der Waals surface area contributed by atoms with Gasteiger partial charge in [0.25, 0.3) is 11.5 Å². The van der Waals surface area contributed by atoms with Gasteiger partial charge in [-0.15, -0.1) is 0 Å². The predicted octanol–water partition coefficient (Wildman–Crippen LogP) is 4.69. The fourth-order valence-electron chi connectivity index (χ4n) is 4.69. The number of nitrogens with zero attached hydrogens (tertiary/aromatic N) is 6. The van der Waals surface area contributed by atoms with Crippen molar-refractivity contribution in [3.63, 3.8) is 0 Å². The molecule has 12 heteroatoms. The SMILES string of the molecule is COc1ncc(-c2nc3c(n2C(C)C)[C@@H](c2ccc(Cl)cc2)N(c2cc(Cl)c(=O)n(C)c2)C3=O)c(OC)n1. The van der Waals surface area contributed by atoms with Crippen LogP contribution in [0.15, 0.2) is 47.5 Å². The van der Waals surface area contributed by atoms with Crippen LogP contribution in [0, 0.1) is 0 Å². The van der Waals surface area contributed by atoms with Crippen molar-refractivity contribution in [3.05, 3.63) is 80.1 Å². The van der Waals surface area contributed by atoms with E-state index in [0.29, 0.717) is 27.8 Å². The first-order valence-electron chi connectivity index (χ1n) is 11.7. The summed E-state index contributed by atoms with van der Waals surface area (Å²) in [6.07, 6.45) is 3.15. The molecule has 0 aliphatic carbocycles. The van der Waals surface area contributed by atoms with Crippen LogP contribution in [0.5, 0.6) is 11.9 Å². The summed E-state index contributed by atoms with van der Waals surface area (Å²) in [6, 6.07) is 8.20. The number of imidazole rings is 1. The molecule has 5 rings (SSSR count). The summed E-state index contributed by atoms with van der Waals surface area (Å²) in [4.78, 5) is 41.3. The van der Waals surface area contributed by atoms with Gasteiger partial charge in [0.05, 0.1) is 31.2 Å². The molecule has 38 heavy (non-hydrogen) atoms. The van der Waals surface area contributed by atoms with Crippen LogP contribution in [0.3, 0.4) is 0 Å². The Labute approximate surface area is 228 Å². The van der Waals surface area contributed by atoms with E-state index in [2.05, 4.69) is 9.97 Å². The van der Waals surface area contributed by atoms with E-state index in [9.17, 15) is 9.59 Å². The van der Waals surface area contributed by atoms with E-state index < -0.39 is 6.04 Å². The average Bonchev–Trinajstić information content (AvgIpc) is 3.42. The summed E-state index contributed by atoms with van der Waals surface area (Å²) < 4.78 is 14.0. The summed E-state index contributed by atoms with van der Waals surface area (Å²) in [5, 5.41) is 0.568. The van der Waals surface area contributed by atoms with Crippen LogP contribution in [0.1, 0.15) is 47.7 Å². The third-order valence-electron chi connectivity index (χ3n) is 6.34. The molecule has 0 saturated carbocycles. The number of hydrogen-bond donors (Lipinski definition) is 0. The van der Waals surface area contributed by atoms with Crippen molar-refractivity contribution in [2.45, 2.75) is 25.9 Å². The molecule has 1 aliphatic rings. The van der Waals surface area contributed by atoms with E-state index in [4.69, 9.17) is 37.7 Å². The Kier molecular flexibility index (Phi) is 6.62. The number of rotatable bonds is 6. The van der Waals surface area contributed by atoms with Crippen molar-refractivity contribution in [2.75, 3.05) is 19.1 Å². The van der Waals surface area contributed by atoms with Gasteiger partial charge in [-0.1, -0.05) is 35.3 Å². The minimum atomic E-state index is -0.586. The quantitative estimate of drug-likeness (QED) is 0.340.